The number of aryl methyl sites for hydroxylation is 4. The molecular weight excluding hydrogens is 282 g/mol. The van der Waals surface area contributed by atoms with Crippen LogP contribution >= 0.6 is 11.3 Å². The average Bonchev–Trinajstić information content (AvgIpc) is 2.87. The molecule has 0 bridgehead atoms. The van der Waals surface area contributed by atoms with Gasteiger partial charge in [0, 0.05) is 17.8 Å². The molecule has 0 saturated heterocycles. The second kappa shape index (κ2) is 7.45. The lowest BCUT2D eigenvalue weighted by Crippen LogP contribution is -2.12. The summed E-state index contributed by atoms with van der Waals surface area (Å²) in [4.78, 5) is 10.5. The Labute approximate surface area is 130 Å². The third-order valence-corrected chi connectivity index (χ3v) is 4.48. The summed E-state index contributed by atoms with van der Waals surface area (Å²) in [5.74, 6) is 0.619. The highest BCUT2D eigenvalue weighted by atomic mass is 32.1. The fourth-order valence-corrected chi connectivity index (χ4v) is 3.24. The maximum absolute atomic E-state index is 4.64. The highest BCUT2D eigenvalue weighted by molar-refractivity contribution is 7.11. The van der Waals surface area contributed by atoms with Crippen LogP contribution < -0.4 is 5.32 Å². The maximum atomic E-state index is 4.64. The van der Waals surface area contributed by atoms with Gasteiger partial charge >= 0.3 is 0 Å². The molecule has 2 aromatic rings. The second-order valence-electron chi connectivity index (χ2n) is 4.88. The van der Waals surface area contributed by atoms with Gasteiger partial charge in [0.05, 0.1) is 22.1 Å². The number of hydrogen-bond acceptors (Lipinski definition) is 6. The van der Waals surface area contributed by atoms with Crippen molar-refractivity contribution in [1.82, 2.24) is 20.2 Å². The van der Waals surface area contributed by atoms with E-state index in [4.69, 9.17) is 0 Å². The Morgan fingerprint density at radius 2 is 1.62 bits per heavy atom. The first-order valence-corrected chi connectivity index (χ1v) is 8.41. The molecule has 0 amide bonds. The zero-order valence-electron chi connectivity index (χ0n) is 13.2. The van der Waals surface area contributed by atoms with Crippen molar-refractivity contribution in [2.75, 3.05) is 11.9 Å². The molecule has 0 aliphatic carbocycles. The molecule has 2 heterocycles. The van der Waals surface area contributed by atoms with Crippen molar-refractivity contribution in [3.63, 3.8) is 0 Å². The van der Waals surface area contributed by atoms with E-state index in [0.29, 0.717) is 5.95 Å². The standard InChI is InChI=1S/C15H23N5S/c1-5-11-10(4)21-14(17-11)8-9-16-15-18-12(6-2)13(7-3)19-20-15/h5-9H2,1-4H3,(H,16,18,20). The molecule has 6 heteroatoms. The van der Waals surface area contributed by atoms with Crippen LogP contribution in [0.15, 0.2) is 0 Å². The summed E-state index contributed by atoms with van der Waals surface area (Å²) in [6.45, 7) is 9.24. The fourth-order valence-electron chi connectivity index (χ4n) is 2.22. The summed E-state index contributed by atoms with van der Waals surface area (Å²) in [6, 6.07) is 0. The van der Waals surface area contributed by atoms with E-state index in [1.54, 1.807) is 11.3 Å². The van der Waals surface area contributed by atoms with E-state index in [1.165, 1.54) is 15.6 Å². The van der Waals surface area contributed by atoms with Gasteiger partial charge in [-0.15, -0.1) is 16.4 Å². The Balaban J connectivity index is 1.93. The highest BCUT2D eigenvalue weighted by Gasteiger charge is 2.08. The van der Waals surface area contributed by atoms with Gasteiger partial charge in [-0.05, 0) is 26.2 Å². The van der Waals surface area contributed by atoms with E-state index in [9.17, 15) is 0 Å². The van der Waals surface area contributed by atoms with Gasteiger partial charge in [-0.3, -0.25) is 0 Å². The van der Waals surface area contributed by atoms with Gasteiger partial charge in [-0.25, -0.2) is 9.97 Å². The monoisotopic (exact) mass is 305 g/mol. The first-order valence-electron chi connectivity index (χ1n) is 7.59. The van der Waals surface area contributed by atoms with Gasteiger partial charge in [0.15, 0.2) is 0 Å². The van der Waals surface area contributed by atoms with Gasteiger partial charge in [-0.1, -0.05) is 20.8 Å². The predicted octanol–water partition coefficient (Wildman–Crippen LogP) is 2.98. The number of aromatic nitrogens is 4. The van der Waals surface area contributed by atoms with Crippen LogP contribution in [0.1, 0.15) is 47.7 Å². The van der Waals surface area contributed by atoms with Crippen molar-refractivity contribution in [2.45, 2.75) is 53.4 Å². The van der Waals surface area contributed by atoms with Crippen molar-refractivity contribution in [3.8, 4) is 0 Å². The zero-order valence-corrected chi connectivity index (χ0v) is 14.0. The molecule has 21 heavy (non-hydrogen) atoms. The Bertz CT molecular complexity index is 594. The molecule has 0 radical (unpaired) electrons. The first-order chi connectivity index (χ1) is 10.2. The minimum absolute atomic E-state index is 0.619. The molecule has 114 valence electrons. The lowest BCUT2D eigenvalue weighted by Gasteiger charge is -2.07. The Hall–Kier alpha value is -1.56. The van der Waals surface area contributed by atoms with Crippen LogP contribution in [-0.2, 0) is 25.7 Å². The molecule has 0 saturated carbocycles. The number of anilines is 1. The summed E-state index contributed by atoms with van der Waals surface area (Å²) in [5, 5.41) is 12.8. The van der Waals surface area contributed by atoms with Crippen molar-refractivity contribution < 1.29 is 0 Å². The summed E-state index contributed by atoms with van der Waals surface area (Å²) in [7, 11) is 0. The molecule has 0 aliphatic rings. The van der Waals surface area contributed by atoms with Crippen LogP contribution in [0.3, 0.4) is 0 Å². The van der Waals surface area contributed by atoms with Crippen molar-refractivity contribution in [1.29, 1.82) is 0 Å². The number of thiazole rings is 1. The predicted molar refractivity (Wildman–Crippen MR) is 87.0 cm³/mol. The number of nitrogens with one attached hydrogen (secondary N) is 1. The van der Waals surface area contributed by atoms with Crippen LogP contribution in [0.2, 0.25) is 0 Å². The molecule has 0 aliphatic heterocycles. The summed E-state index contributed by atoms with van der Waals surface area (Å²) < 4.78 is 0. The molecule has 1 N–H and O–H groups in total. The highest BCUT2D eigenvalue weighted by Crippen LogP contribution is 2.18. The molecule has 0 fully saturated rings. The Kier molecular flexibility index (Phi) is 5.61. The molecule has 0 aromatic carbocycles. The van der Waals surface area contributed by atoms with Crippen LogP contribution in [0.4, 0.5) is 5.95 Å². The van der Waals surface area contributed by atoms with E-state index in [1.807, 2.05) is 0 Å². The molecule has 0 spiro atoms. The largest absolute Gasteiger partial charge is 0.352 e. The summed E-state index contributed by atoms with van der Waals surface area (Å²) in [5.41, 5.74) is 3.24. The van der Waals surface area contributed by atoms with Gasteiger partial charge in [-0.2, -0.15) is 5.10 Å². The lowest BCUT2D eigenvalue weighted by molar-refractivity contribution is 0.816. The first kappa shape index (κ1) is 15.8. The smallest absolute Gasteiger partial charge is 0.242 e. The Morgan fingerprint density at radius 1 is 0.905 bits per heavy atom. The van der Waals surface area contributed by atoms with Crippen molar-refractivity contribution in [3.05, 3.63) is 27.0 Å². The van der Waals surface area contributed by atoms with E-state index in [2.05, 4.69) is 53.2 Å². The summed E-state index contributed by atoms with van der Waals surface area (Å²) in [6.07, 6.45) is 3.66. The van der Waals surface area contributed by atoms with Crippen LogP contribution in [0, 0.1) is 6.92 Å². The summed E-state index contributed by atoms with van der Waals surface area (Å²) >= 11 is 1.78. The van der Waals surface area contributed by atoms with Crippen LogP contribution in [-0.4, -0.2) is 26.7 Å². The number of hydrogen-bond donors (Lipinski definition) is 1. The lowest BCUT2D eigenvalue weighted by atomic mass is 10.2. The third-order valence-electron chi connectivity index (χ3n) is 3.40. The second-order valence-corrected chi connectivity index (χ2v) is 6.16. The molecule has 2 aromatic heterocycles. The number of rotatable bonds is 7. The van der Waals surface area contributed by atoms with E-state index < -0.39 is 0 Å². The minimum Gasteiger partial charge on any atom is -0.352 e. The van der Waals surface area contributed by atoms with Crippen LogP contribution in [0.5, 0.6) is 0 Å². The number of nitrogens with zero attached hydrogens (tertiary/aromatic N) is 4. The molecule has 2 rings (SSSR count). The van der Waals surface area contributed by atoms with Crippen molar-refractivity contribution in [2.24, 2.45) is 0 Å². The minimum atomic E-state index is 0.619. The molecular formula is C15H23N5S. The third kappa shape index (κ3) is 3.97. The quantitative estimate of drug-likeness (QED) is 0.852. The molecule has 0 unspecified atom stereocenters. The van der Waals surface area contributed by atoms with Crippen molar-refractivity contribution >= 4 is 17.3 Å². The van der Waals surface area contributed by atoms with E-state index in [0.717, 1.165) is 43.6 Å². The van der Waals surface area contributed by atoms with Gasteiger partial charge in [0.2, 0.25) is 5.95 Å². The SMILES string of the molecule is CCc1nnc(NCCc2nc(CC)c(C)s2)nc1CC. The van der Waals surface area contributed by atoms with E-state index in [-0.39, 0.29) is 0 Å². The topological polar surface area (TPSA) is 63.6 Å². The normalized spacial score (nSPS) is 10.9. The van der Waals surface area contributed by atoms with Gasteiger partial charge in [0.25, 0.3) is 0 Å². The molecule has 5 nitrogen and oxygen atoms in total. The van der Waals surface area contributed by atoms with E-state index >= 15 is 0 Å². The zero-order chi connectivity index (χ0) is 15.2. The molecule has 0 atom stereocenters. The van der Waals surface area contributed by atoms with Gasteiger partial charge in [0.1, 0.15) is 0 Å². The van der Waals surface area contributed by atoms with Crippen LogP contribution in [0.25, 0.3) is 0 Å². The Morgan fingerprint density at radius 3 is 2.24 bits per heavy atom. The van der Waals surface area contributed by atoms with Gasteiger partial charge < -0.3 is 5.32 Å². The average molecular weight is 305 g/mol. The fraction of sp³-hybridized carbons (Fsp3) is 0.600. The maximum Gasteiger partial charge on any atom is 0.242 e.